The fourth-order valence-electron chi connectivity index (χ4n) is 8.10. The Morgan fingerprint density at radius 2 is 0.891 bits per heavy atom. The molecule has 0 spiro atoms. The molecule has 8 aromatic carbocycles. The topological polar surface area (TPSA) is 0 Å². The summed E-state index contributed by atoms with van der Waals surface area (Å²) in [6, 6.07) is 64.4. The maximum absolute atomic E-state index is 2.35. The van der Waals surface area contributed by atoms with Crippen molar-refractivity contribution in [1.29, 1.82) is 0 Å². The predicted molar refractivity (Wildman–Crippen MR) is 286 cm³/mol. The van der Waals surface area contributed by atoms with E-state index >= 15 is 0 Å². The van der Waals surface area contributed by atoms with Crippen LogP contribution in [0.15, 0.2) is 200 Å². The lowest BCUT2D eigenvalue weighted by Gasteiger charge is -2.22. The number of fused-ring (bicyclic) bond motifs is 1. The second kappa shape index (κ2) is 25.0. The summed E-state index contributed by atoms with van der Waals surface area (Å²) in [6.07, 6.45) is 5.83. The van der Waals surface area contributed by atoms with Crippen molar-refractivity contribution < 1.29 is 0 Å². The van der Waals surface area contributed by atoms with Crippen LogP contribution >= 0.6 is 0 Å². The molecule has 0 aliphatic heterocycles. The lowest BCUT2D eigenvalue weighted by Crippen LogP contribution is -2.02. The van der Waals surface area contributed by atoms with Crippen molar-refractivity contribution in [2.24, 2.45) is 5.92 Å². The Morgan fingerprint density at radius 1 is 0.406 bits per heavy atom. The van der Waals surface area contributed by atoms with Gasteiger partial charge in [-0.15, -0.1) is 0 Å². The zero-order chi connectivity index (χ0) is 45.3. The van der Waals surface area contributed by atoms with Crippen LogP contribution < -0.4 is 0 Å². The minimum absolute atomic E-state index is 0. The second-order valence-corrected chi connectivity index (χ2v) is 16.7. The van der Waals surface area contributed by atoms with E-state index in [9.17, 15) is 0 Å². The molecule has 0 radical (unpaired) electrons. The van der Waals surface area contributed by atoms with E-state index in [4.69, 9.17) is 0 Å². The van der Waals surface area contributed by atoms with E-state index in [2.05, 4.69) is 232 Å². The van der Waals surface area contributed by atoms with Gasteiger partial charge in [0.1, 0.15) is 0 Å². The average molecular weight is 841 g/mol. The average Bonchev–Trinajstić information content (AvgIpc) is 3.30. The molecule has 0 N–H and O–H groups in total. The normalized spacial score (nSPS) is 12.5. The second-order valence-electron chi connectivity index (χ2n) is 16.7. The highest BCUT2D eigenvalue weighted by Crippen LogP contribution is 2.39. The highest BCUT2D eigenvalue weighted by atomic mass is 14.2. The monoisotopic (exact) mass is 841 g/mol. The third kappa shape index (κ3) is 13.7. The van der Waals surface area contributed by atoms with Crippen molar-refractivity contribution in [3.63, 3.8) is 0 Å². The summed E-state index contributed by atoms with van der Waals surface area (Å²) in [7, 11) is 0. The van der Waals surface area contributed by atoms with Crippen molar-refractivity contribution in [3.05, 3.63) is 244 Å². The SMILES string of the molecule is C.CC.CC1=C(c2ccc(C)c(-c3ccc(-c4ccc(C)cc4)cc3C)c2C)C=CC(C)C1.Cc1ccc(-c2ccccc2)cc1.Cc1cccc2ccccc12.Cc1ccccc1. The Bertz CT molecular complexity index is 2700. The fraction of sp³-hybridized carbons (Fsp3) is 0.219. The molecule has 1 aliphatic rings. The van der Waals surface area contributed by atoms with Crippen LogP contribution in [0.2, 0.25) is 0 Å². The molecule has 8 aromatic rings. The molecule has 0 saturated heterocycles. The number of benzene rings is 8. The van der Waals surface area contributed by atoms with E-state index < -0.39 is 0 Å². The first-order chi connectivity index (χ1) is 30.5. The summed E-state index contributed by atoms with van der Waals surface area (Å²) in [5.74, 6) is 0.635. The van der Waals surface area contributed by atoms with Gasteiger partial charge in [0.25, 0.3) is 0 Å². The molecule has 1 aliphatic carbocycles. The fourth-order valence-corrected chi connectivity index (χ4v) is 8.10. The third-order valence-corrected chi connectivity index (χ3v) is 11.6. The molecule has 0 nitrogen and oxygen atoms in total. The molecule has 0 saturated carbocycles. The molecule has 0 heteroatoms. The molecular weight excluding hydrogens is 769 g/mol. The van der Waals surface area contributed by atoms with Gasteiger partial charge in [-0.2, -0.15) is 0 Å². The van der Waals surface area contributed by atoms with Gasteiger partial charge in [-0.3, -0.25) is 0 Å². The maximum atomic E-state index is 2.35. The molecule has 328 valence electrons. The van der Waals surface area contributed by atoms with Crippen molar-refractivity contribution in [2.75, 3.05) is 0 Å². The first-order valence-electron chi connectivity index (χ1n) is 22.7. The summed E-state index contributed by atoms with van der Waals surface area (Å²) in [5, 5.41) is 2.68. The van der Waals surface area contributed by atoms with Crippen molar-refractivity contribution in [2.45, 2.75) is 90.0 Å². The molecule has 0 fully saturated rings. The van der Waals surface area contributed by atoms with Crippen LogP contribution in [0.3, 0.4) is 0 Å². The number of hydrogen-bond acceptors (Lipinski definition) is 0. The number of rotatable bonds is 4. The largest absolute Gasteiger partial charge is 0.0808 e. The number of hydrogen-bond donors (Lipinski definition) is 0. The van der Waals surface area contributed by atoms with Crippen molar-refractivity contribution in [1.82, 2.24) is 0 Å². The van der Waals surface area contributed by atoms with Gasteiger partial charge < -0.3 is 0 Å². The molecule has 0 aromatic heterocycles. The Balaban J connectivity index is 0.000000216. The van der Waals surface area contributed by atoms with Crippen molar-refractivity contribution in [3.8, 4) is 33.4 Å². The molecule has 1 atom stereocenters. The third-order valence-electron chi connectivity index (χ3n) is 11.6. The zero-order valence-electron chi connectivity index (χ0n) is 39.8. The van der Waals surface area contributed by atoms with Gasteiger partial charge >= 0.3 is 0 Å². The summed E-state index contributed by atoms with van der Waals surface area (Å²) in [4.78, 5) is 0. The highest BCUT2D eigenvalue weighted by molar-refractivity contribution is 5.87. The first-order valence-corrected chi connectivity index (χ1v) is 22.7. The van der Waals surface area contributed by atoms with Crippen LogP contribution in [0.1, 0.15) is 86.1 Å². The summed E-state index contributed by atoms with van der Waals surface area (Å²) < 4.78 is 0. The number of aryl methyl sites for hydroxylation is 6. The Hall–Kier alpha value is -6.50. The van der Waals surface area contributed by atoms with Crippen LogP contribution in [0.25, 0.3) is 49.7 Å². The van der Waals surface area contributed by atoms with Crippen LogP contribution in [-0.4, -0.2) is 0 Å². The van der Waals surface area contributed by atoms with Crippen LogP contribution in [-0.2, 0) is 0 Å². The van der Waals surface area contributed by atoms with E-state index in [0.717, 1.165) is 6.42 Å². The zero-order valence-corrected chi connectivity index (χ0v) is 39.8. The molecule has 0 amide bonds. The lowest BCUT2D eigenvalue weighted by atomic mass is 9.83. The van der Waals surface area contributed by atoms with Gasteiger partial charge in [-0.25, -0.2) is 0 Å². The summed E-state index contributed by atoms with van der Waals surface area (Å²) in [6.45, 7) is 23.8. The van der Waals surface area contributed by atoms with Gasteiger partial charge in [0.15, 0.2) is 0 Å². The minimum Gasteiger partial charge on any atom is -0.0808 e. The van der Waals surface area contributed by atoms with E-state index in [1.54, 1.807) is 0 Å². The molecule has 0 bridgehead atoms. The molecule has 1 unspecified atom stereocenters. The number of allylic oxidation sites excluding steroid dienone is 4. The van der Waals surface area contributed by atoms with Gasteiger partial charge in [0.2, 0.25) is 0 Å². The molecular formula is C64H72. The quantitative estimate of drug-likeness (QED) is 0.166. The standard InChI is InChI=1S/C30H32.C13H12.C11H10.C7H8.C2H6.CH4/c1-19-7-11-25(12-8-19)26-13-16-28(23(5)18-26)30-21(3)10-15-29(24(30)6)27-14-9-20(2)17-22(27)4;1-11-7-9-13(10-8-11)12-5-3-2-4-6-12;1-9-5-4-7-10-6-2-3-8-11(9)10;1-7-5-3-2-4-6-7;1-2;/h7-16,18,20H,17H2,1-6H3;2-10H,1H3;2-8H,1H3;2-6H,1H3;1-2H3;1H4. The first kappa shape index (κ1) is 50.1. The Kier molecular flexibility index (Phi) is 19.6. The van der Waals surface area contributed by atoms with E-state index in [1.165, 1.54) is 99.8 Å². The summed E-state index contributed by atoms with van der Waals surface area (Å²) >= 11 is 0. The minimum atomic E-state index is 0. The van der Waals surface area contributed by atoms with Gasteiger partial charge in [0, 0.05) is 0 Å². The van der Waals surface area contributed by atoms with E-state index in [1.807, 2.05) is 38.1 Å². The lowest BCUT2D eigenvalue weighted by molar-refractivity contribution is 0.710. The Labute approximate surface area is 388 Å². The highest BCUT2D eigenvalue weighted by Gasteiger charge is 2.17. The van der Waals surface area contributed by atoms with Crippen LogP contribution in [0.4, 0.5) is 0 Å². The van der Waals surface area contributed by atoms with Crippen LogP contribution in [0, 0.1) is 54.4 Å². The maximum Gasteiger partial charge on any atom is -0.0117 e. The predicted octanol–water partition coefficient (Wildman–Crippen LogP) is 19.1. The molecule has 64 heavy (non-hydrogen) atoms. The van der Waals surface area contributed by atoms with Gasteiger partial charge in [0.05, 0.1) is 0 Å². The van der Waals surface area contributed by atoms with E-state index in [0.29, 0.717) is 5.92 Å². The van der Waals surface area contributed by atoms with Crippen molar-refractivity contribution >= 4 is 16.3 Å². The van der Waals surface area contributed by atoms with E-state index in [-0.39, 0.29) is 7.43 Å². The van der Waals surface area contributed by atoms with Gasteiger partial charge in [-0.1, -0.05) is 245 Å². The van der Waals surface area contributed by atoms with Gasteiger partial charge in [-0.05, 0) is 145 Å². The molecule has 9 rings (SSSR count). The Morgan fingerprint density at radius 3 is 1.44 bits per heavy atom. The molecule has 0 heterocycles. The smallest absolute Gasteiger partial charge is 0.0117 e. The summed E-state index contributed by atoms with van der Waals surface area (Å²) in [5.41, 5.74) is 21.4. The van der Waals surface area contributed by atoms with Crippen LogP contribution in [0.5, 0.6) is 0 Å².